The number of carbonyl (C=O) groups is 3. The molecule has 7 nitrogen and oxygen atoms in total. The van der Waals surface area contributed by atoms with Gasteiger partial charge in [-0.2, -0.15) is 0 Å². The smallest absolute Gasteiger partial charge is 0.314 e. The van der Waals surface area contributed by atoms with Crippen LogP contribution in [0, 0.1) is 5.82 Å². The number of benzene rings is 1. The zero-order valence-electron chi connectivity index (χ0n) is 12.6. The van der Waals surface area contributed by atoms with E-state index in [-0.39, 0.29) is 18.4 Å². The topological polar surface area (TPSA) is 108 Å². The Labute approximate surface area is 133 Å². The van der Waals surface area contributed by atoms with Crippen LogP contribution in [0.1, 0.15) is 29.6 Å². The van der Waals surface area contributed by atoms with Crippen molar-refractivity contribution in [2.45, 2.75) is 19.3 Å². The van der Waals surface area contributed by atoms with Gasteiger partial charge in [-0.1, -0.05) is 0 Å². The minimum absolute atomic E-state index is 0.00962. The fourth-order valence-corrected chi connectivity index (χ4v) is 1.70. The van der Waals surface area contributed by atoms with Crippen LogP contribution in [0.25, 0.3) is 0 Å². The van der Waals surface area contributed by atoms with E-state index in [1.807, 2.05) is 0 Å². The van der Waals surface area contributed by atoms with Crippen molar-refractivity contribution in [2.75, 3.05) is 19.6 Å². The number of carbonyl (C=O) groups excluding carboxylic acids is 2. The van der Waals surface area contributed by atoms with Gasteiger partial charge in [-0.05, 0) is 37.1 Å². The molecule has 126 valence electrons. The fraction of sp³-hybridized carbons (Fsp3) is 0.400. The molecular weight excluding hydrogens is 305 g/mol. The Kier molecular flexibility index (Phi) is 8.12. The second kappa shape index (κ2) is 10.1. The molecule has 0 aliphatic carbocycles. The van der Waals surface area contributed by atoms with Crippen molar-refractivity contribution in [2.24, 2.45) is 0 Å². The summed E-state index contributed by atoms with van der Waals surface area (Å²) in [6, 6.07) is 4.84. The second-order valence-corrected chi connectivity index (χ2v) is 4.80. The van der Waals surface area contributed by atoms with Crippen molar-refractivity contribution >= 4 is 17.9 Å². The number of rotatable bonds is 9. The van der Waals surface area contributed by atoms with E-state index in [4.69, 9.17) is 5.11 Å². The summed E-state index contributed by atoms with van der Waals surface area (Å²) in [6.07, 6.45) is 0.918. The Hall–Kier alpha value is -2.64. The summed E-state index contributed by atoms with van der Waals surface area (Å²) in [6.45, 7) is 1.03. The molecule has 0 saturated heterocycles. The van der Waals surface area contributed by atoms with Gasteiger partial charge in [0, 0.05) is 31.6 Å². The first-order chi connectivity index (χ1) is 11.0. The third-order valence-electron chi connectivity index (χ3n) is 2.88. The molecule has 0 atom stereocenters. The quantitative estimate of drug-likeness (QED) is 0.510. The van der Waals surface area contributed by atoms with E-state index in [0.29, 0.717) is 38.0 Å². The van der Waals surface area contributed by atoms with E-state index in [9.17, 15) is 18.8 Å². The lowest BCUT2D eigenvalue weighted by atomic mass is 10.2. The maximum Gasteiger partial charge on any atom is 0.314 e. The summed E-state index contributed by atoms with van der Waals surface area (Å²) in [4.78, 5) is 33.3. The van der Waals surface area contributed by atoms with E-state index in [1.54, 1.807) is 0 Å². The Balaban J connectivity index is 2.06. The van der Waals surface area contributed by atoms with Gasteiger partial charge in [0.2, 0.25) is 0 Å². The molecule has 0 spiro atoms. The molecule has 8 heteroatoms. The molecule has 1 rings (SSSR count). The Morgan fingerprint density at radius 1 is 0.913 bits per heavy atom. The van der Waals surface area contributed by atoms with Crippen molar-refractivity contribution in [1.82, 2.24) is 16.0 Å². The van der Waals surface area contributed by atoms with Gasteiger partial charge in [0.1, 0.15) is 5.82 Å². The minimum atomic E-state index is -0.899. The molecule has 0 radical (unpaired) electrons. The molecule has 0 unspecified atom stereocenters. The first-order valence-corrected chi connectivity index (χ1v) is 7.26. The van der Waals surface area contributed by atoms with E-state index in [2.05, 4.69) is 16.0 Å². The van der Waals surface area contributed by atoms with Gasteiger partial charge >= 0.3 is 12.0 Å². The summed E-state index contributed by atoms with van der Waals surface area (Å²) in [5.41, 5.74) is 0.371. The number of carboxylic acid groups (broad SMARTS) is 1. The average molecular weight is 325 g/mol. The maximum atomic E-state index is 12.7. The van der Waals surface area contributed by atoms with Crippen LogP contribution >= 0.6 is 0 Å². The number of carboxylic acids is 1. The third-order valence-corrected chi connectivity index (χ3v) is 2.88. The normalized spacial score (nSPS) is 9.96. The van der Waals surface area contributed by atoms with E-state index >= 15 is 0 Å². The molecule has 0 aliphatic heterocycles. The highest BCUT2D eigenvalue weighted by Crippen LogP contribution is 2.02. The second-order valence-electron chi connectivity index (χ2n) is 4.80. The third kappa shape index (κ3) is 8.40. The first-order valence-electron chi connectivity index (χ1n) is 7.26. The lowest BCUT2D eigenvalue weighted by Crippen LogP contribution is -2.37. The summed E-state index contributed by atoms with van der Waals surface area (Å²) in [5, 5.41) is 16.2. The Bertz CT molecular complexity index is 534. The molecule has 1 aromatic rings. The molecule has 4 N–H and O–H groups in total. The standard InChI is InChI=1S/C15H20FN3O4/c16-12-6-4-11(5-7-12)14(22)17-9-2-10-19-15(23)18-8-1-3-13(20)21/h4-7H,1-3,8-10H2,(H,17,22)(H,20,21)(H2,18,19,23). The van der Waals surface area contributed by atoms with Gasteiger partial charge in [0.25, 0.3) is 5.91 Å². The van der Waals surface area contributed by atoms with Gasteiger partial charge in [-0.3, -0.25) is 9.59 Å². The lowest BCUT2D eigenvalue weighted by Gasteiger charge is -2.08. The largest absolute Gasteiger partial charge is 0.481 e. The molecular formula is C15H20FN3O4. The summed E-state index contributed by atoms with van der Waals surface area (Å²) >= 11 is 0. The first kappa shape index (κ1) is 18.4. The number of urea groups is 1. The van der Waals surface area contributed by atoms with Gasteiger partial charge in [0.05, 0.1) is 0 Å². The average Bonchev–Trinajstić information content (AvgIpc) is 2.51. The number of nitrogens with one attached hydrogen (secondary N) is 3. The van der Waals surface area contributed by atoms with Crippen LogP contribution < -0.4 is 16.0 Å². The number of hydrogen-bond acceptors (Lipinski definition) is 3. The zero-order chi connectivity index (χ0) is 17.1. The minimum Gasteiger partial charge on any atom is -0.481 e. The van der Waals surface area contributed by atoms with Gasteiger partial charge < -0.3 is 21.1 Å². The van der Waals surface area contributed by atoms with Crippen molar-refractivity contribution in [3.8, 4) is 0 Å². The van der Waals surface area contributed by atoms with Crippen molar-refractivity contribution in [3.63, 3.8) is 0 Å². The van der Waals surface area contributed by atoms with Crippen LogP contribution in [0.2, 0.25) is 0 Å². The highest BCUT2D eigenvalue weighted by atomic mass is 19.1. The molecule has 3 amide bonds. The lowest BCUT2D eigenvalue weighted by molar-refractivity contribution is -0.137. The van der Waals surface area contributed by atoms with Crippen LogP contribution in [0.4, 0.5) is 9.18 Å². The molecule has 0 fully saturated rings. The summed E-state index contributed by atoms with van der Waals surface area (Å²) in [5.74, 6) is -1.60. The SMILES string of the molecule is O=C(O)CCCNC(=O)NCCCNC(=O)c1ccc(F)cc1. The van der Waals surface area contributed by atoms with Crippen molar-refractivity contribution < 1.29 is 23.9 Å². The number of aliphatic carboxylic acids is 1. The van der Waals surface area contributed by atoms with Gasteiger partial charge in [-0.25, -0.2) is 9.18 Å². The molecule has 1 aromatic carbocycles. The van der Waals surface area contributed by atoms with E-state index < -0.39 is 11.8 Å². The van der Waals surface area contributed by atoms with Crippen LogP contribution in [-0.4, -0.2) is 42.6 Å². The van der Waals surface area contributed by atoms with Crippen LogP contribution in [0.3, 0.4) is 0 Å². The van der Waals surface area contributed by atoms with E-state index in [1.165, 1.54) is 24.3 Å². The molecule has 0 bridgehead atoms. The fourth-order valence-electron chi connectivity index (χ4n) is 1.70. The van der Waals surface area contributed by atoms with Crippen molar-refractivity contribution in [3.05, 3.63) is 35.6 Å². The van der Waals surface area contributed by atoms with Crippen LogP contribution in [0.5, 0.6) is 0 Å². The highest BCUT2D eigenvalue weighted by molar-refractivity contribution is 5.94. The summed E-state index contributed by atoms with van der Waals surface area (Å²) in [7, 11) is 0. The van der Waals surface area contributed by atoms with E-state index in [0.717, 1.165) is 0 Å². The van der Waals surface area contributed by atoms with Crippen LogP contribution in [-0.2, 0) is 4.79 Å². The molecule has 23 heavy (non-hydrogen) atoms. The molecule has 0 aliphatic rings. The highest BCUT2D eigenvalue weighted by Gasteiger charge is 2.05. The summed E-state index contributed by atoms with van der Waals surface area (Å²) < 4.78 is 12.7. The predicted molar refractivity (Wildman–Crippen MR) is 81.6 cm³/mol. The van der Waals surface area contributed by atoms with Crippen molar-refractivity contribution in [1.29, 1.82) is 0 Å². The maximum absolute atomic E-state index is 12.7. The Morgan fingerprint density at radius 3 is 2.09 bits per heavy atom. The zero-order valence-corrected chi connectivity index (χ0v) is 12.6. The van der Waals surface area contributed by atoms with Gasteiger partial charge in [-0.15, -0.1) is 0 Å². The molecule has 0 heterocycles. The molecule has 0 aromatic heterocycles. The number of halogens is 1. The molecule has 0 saturated carbocycles. The van der Waals surface area contributed by atoms with Crippen LogP contribution in [0.15, 0.2) is 24.3 Å². The number of hydrogen-bond donors (Lipinski definition) is 4. The predicted octanol–water partition coefficient (Wildman–Crippen LogP) is 1.11. The monoisotopic (exact) mass is 325 g/mol. The Morgan fingerprint density at radius 2 is 1.48 bits per heavy atom. The van der Waals surface area contributed by atoms with Gasteiger partial charge in [0.15, 0.2) is 0 Å². The number of amides is 3.